The summed E-state index contributed by atoms with van der Waals surface area (Å²) in [7, 11) is 1.53. The van der Waals surface area contributed by atoms with Crippen LogP contribution in [0.5, 0.6) is 0 Å². The van der Waals surface area contributed by atoms with Crippen molar-refractivity contribution in [2.45, 2.75) is 126 Å². The summed E-state index contributed by atoms with van der Waals surface area (Å²) < 4.78 is 21.3. The number of para-hydroxylation sites is 1. The molecule has 15 rings (SSSR count). The van der Waals surface area contributed by atoms with Gasteiger partial charge in [0.15, 0.2) is 30.8 Å². The Labute approximate surface area is 829 Å². The maximum atomic E-state index is 13.0. The fourth-order valence-corrected chi connectivity index (χ4v) is 20.4. The number of aliphatic hydroxyl groups excluding tert-OH is 2. The Kier molecular flexibility index (Phi) is 35.8. The predicted octanol–water partition coefficient (Wildman–Crippen LogP) is 12.8. The van der Waals surface area contributed by atoms with Gasteiger partial charge in [0.25, 0.3) is 45.9 Å². The normalized spacial score (nSPS) is 13.7. The van der Waals surface area contributed by atoms with Crippen LogP contribution >= 0.6 is 115 Å². The molecule has 726 valence electrons. The molecule has 0 aliphatic carbocycles. The number of aryl methyl sites for hydroxylation is 8. The minimum atomic E-state index is -0.640. The standard InChI is InChI=1S/C22H27N7O4S2.C22H23N7O3S2.C21H23ClN8O3S2.C21H24ClN7O3S2/c1-6-14(30)9-24-17(23)15-19(31)29-35-21(15)28-22-26-11(3)16(34-22)20(32)27-18-10(2)7-13(8-25-18)12(4)33-5;1-10-8-13-6-4-5-7-14(13)26-18(10)27-20(32)16-12(3)25-22(33-16)28-21-15(19(31)29-34-21)17(23)24-11(2)9-30;1-10-5-6-24-16(22)14(10)27-19(33)15-11(2)26-21(34-15)28-20-13(18(32)29-35-20)17(23)25-7-9-30-8-3-4-12(30)31;1-10-5-7-24-16(22)14(10)27-19(31)15-11(2)26-21(33-15)28-20-13(18(30)29-34-20)17(23)25-8-6-12-4-3-9-32-12/h7-8,14,30H,4,6,9H2,1-3,5H3,(H2,23,24)(H,26,28)(H,29,31)(H,25,27,32);4-8,11,30H,9H2,1-3H3,(H2,23,24)(H,25,28)(H,29,31)(H,26,27,32);5-6H,3-4,7-9H2,1-2H3,(H2,23,25)(H,26,28)(H,27,33)(H,29,32);5,7,12H,3-4,6,8-9H2,1-2H3,(H2,23,25)(H,26,28)(H,27,31)(H,29,30). The molecular formula is C86H97Cl2N29O13S8. The molecule has 12 aromatic heterocycles. The smallest absolute Gasteiger partial charge is 0.271 e. The number of carbonyl (C=O) groups is 5. The van der Waals surface area contributed by atoms with Crippen LogP contribution in [0, 0.1) is 55.4 Å². The average molecular weight is 2070 g/mol. The summed E-state index contributed by atoms with van der Waals surface area (Å²) in [5.74, 6) is 0.309. The maximum Gasteiger partial charge on any atom is 0.271 e. The number of aromatic amines is 4. The van der Waals surface area contributed by atoms with Gasteiger partial charge in [0.1, 0.15) is 103 Å². The van der Waals surface area contributed by atoms with E-state index in [1.54, 1.807) is 70.2 Å². The Morgan fingerprint density at radius 2 is 1.01 bits per heavy atom. The molecule has 0 bridgehead atoms. The molecule has 2 fully saturated rings. The number of nitrogens with zero attached hydrogens (tertiary/aromatic N) is 13. The van der Waals surface area contributed by atoms with Crippen molar-refractivity contribution in [3.05, 3.63) is 218 Å². The molecule has 14 heterocycles. The number of H-pyrrole nitrogens is 4. The molecule has 5 amide bonds. The number of hydrogen-bond donors (Lipinski definition) is 18. The number of amidine groups is 4. The van der Waals surface area contributed by atoms with Crippen molar-refractivity contribution in [3.8, 4) is 0 Å². The highest BCUT2D eigenvalue weighted by molar-refractivity contribution is 7.20. The van der Waals surface area contributed by atoms with Crippen LogP contribution in [-0.2, 0) is 14.3 Å². The van der Waals surface area contributed by atoms with E-state index in [0.717, 1.165) is 162 Å². The monoisotopic (exact) mass is 2070 g/mol. The molecule has 3 atom stereocenters. The molecular weight excluding hydrogens is 1970 g/mol. The van der Waals surface area contributed by atoms with Crippen LogP contribution in [-0.4, -0.2) is 197 Å². The Bertz CT molecular complexity index is 7030. The van der Waals surface area contributed by atoms with Gasteiger partial charge < -0.3 is 90.1 Å². The van der Waals surface area contributed by atoms with Gasteiger partial charge >= 0.3 is 0 Å². The van der Waals surface area contributed by atoms with Crippen molar-refractivity contribution in [3.63, 3.8) is 0 Å². The summed E-state index contributed by atoms with van der Waals surface area (Å²) in [6.45, 7) is 24.2. The van der Waals surface area contributed by atoms with Gasteiger partial charge in [-0.3, -0.25) is 80.6 Å². The molecule has 13 aromatic rings. The van der Waals surface area contributed by atoms with Crippen molar-refractivity contribution in [2.24, 2.45) is 42.9 Å². The number of benzene rings is 1. The second-order valence-corrected chi connectivity index (χ2v) is 38.7. The number of methoxy groups -OCH3 is 1. The number of aromatic nitrogens is 12. The van der Waals surface area contributed by atoms with Gasteiger partial charge in [0.05, 0.1) is 84.7 Å². The Balaban J connectivity index is 0.000000165. The summed E-state index contributed by atoms with van der Waals surface area (Å²) in [4.78, 5) is 167. The highest BCUT2D eigenvalue weighted by atomic mass is 35.5. The van der Waals surface area contributed by atoms with Crippen LogP contribution in [0.2, 0.25) is 10.3 Å². The first-order chi connectivity index (χ1) is 66.0. The van der Waals surface area contributed by atoms with Crippen molar-refractivity contribution >= 4 is 248 Å². The summed E-state index contributed by atoms with van der Waals surface area (Å²) >= 11 is 21.0. The van der Waals surface area contributed by atoms with Gasteiger partial charge in [-0.15, -0.1) is 0 Å². The van der Waals surface area contributed by atoms with E-state index in [4.69, 9.17) is 55.6 Å². The Hall–Kier alpha value is -13.3. The zero-order valence-electron chi connectivity index (χ0n) is 76.0. The zero-order chi connectivity index (χ0) is 99.5. The van der Waals surface area contributed by atoms with Crippen LogP contribution in [0.4, 0.5) is 63.5 Å². The lowest BCUT2D eigenvalue weighted by molar-refractivity contribution is -0.127. The minimum absolute atomic E-state index is 0.00916. The number of carbonyl (C=O) groups excluding carboxylic acids is 5. The van der Waals surface area contributed by atoms with Crippen LogP contribution < -0.4 is 87.7 Å². The van der Waals surface area contributed by atoms with E-state index in [1.807, 2.05) is 71.0 Å². The number of ether oxygens (including phenoxy) is 2. The van der Waals surface area contributed by atoms with Crippen molar-refractivity contribution < 1.29 is 43.7 Å². The van der Waals surface area contributed by atoms with Gasteiger partial charge in [-0.1, -0.05) is 100 Å². The molecule has 3 unspecified atom stereocenters. The maximum absolute atomic E-state index is 13.0. The van der Waals surface area contributed by atoms with Gasteiger partial charge in [-0.2, -0.15) is 0 Å². The van der Waals surface area contributed by atoms with E-state index >= 15 is 0 Å². The number of amides is 5. The lowest BCUT2D eigenvalue weighted by Crippen LogP contribution is -2.29. The number of fused-ring (bicyclic) bond motifs is 1. The first kappa shape index (κ1) is 104. The number of likely N-dealkylation sites (tertiary alicyclic amines) is 1. The molecule has 0 saturated carbocycles. The van der Waals surface area contributed by atoms with E-state index in [-0.39, 0.29) is 116 Å². The van der Waals surface area contributed by atoms with E-state index in [2.05, 4.69) is 126 Å². The summed E-state index contributed by atoms with van der Waals surface area (Å²) in [6.07, 6.45) is 9.03. The van der Waals surface area contributed by atoms with Gasteiger partial charge in [-0.05, 0) is 193 Å². The topological polar surface area (TPSA) is 632 Å². The molecule has 138 heavy (non-hydrogen) atoms. The number of halogens is 2. The average Bonchev–Trinajstić information content (AvgIpc) is 1.49. The highest BCUT2D eigenvalue weighted by Crippen LogP contribution is 2.37. The lowest BCUT2D eigenvalue weighted by atomic mass is 10.1. The number of nitrogens with one attached hydrogen (secondary N) is 12. The second kappa shape index (κ2) is 47.7. The van der Waals surface area contributed by atoms with Crippen LogP contribution in [0.3, 0.4) is 0 Å². The number of rotatable bonds is 33. The van der Waals surface area contributed by atoms with Crippen LogP contribution in [0.1, 0.15) is 164 Å². The fraction of sp³-hybridized carbons (Fsp3) is 0.314. The number of nitrogens with two attached hydrogens (primary N) is 4. The van der Waals surface area contributed by atoms with Crippen LogP contribution in [0.15, 0.2) is 113 Å². The quantitative estimate of drug-likeness (QED) is 0.00786. The van der Waals surface area contributed by atoms with Crippen molar-refractivity contribution in [1.29, 1.82) is 0 Å². The molecule has 22 N–H and O–H groups in total. The first-order valence-electron chi connectivity index (χ1n) is 42.3. The fourth-order valence-electron chi connectivity index (χ4n) is 13.2. The molecule has 52 heteroatoms. The van der Waals surface area contributed by atoms with E-state index in [1.165, 1.54) is 7.11 Å². The third kappa shape index (κ3) is 26.4. The minimum Gasteiger partial charge on any atom is -0.497 e. The molecule has 2 aliphatic heterocycles. The number of pyridine rings is 4. The molecule has 0 radical (unpaired) electrons. The number of aliphatic hydroxyl groups is 2. The number of hydrogen-bond acceptors (Lipinski definition) is 37. The third-order valence-electron chi connectivity index (χ3n) is 20.6. The second-order valence-electron chi connectivity index (χ2n) is 30.7. The van der Waals surface area contributed by atoms with Gasteiger partial charge in [0, 0.05) is 62.2 Å². The zero-order valence-corrected chi connectivity index (χ0v) is 84.1. The molecule has 2 saturated heterocycles. The number of aliphatic imine (C=N–C) groups is 4. The summed E-state index contributed by atoms with van der Waals surface area (Å²) in [5.41, 5.74) is 31.1. The molecule has 2 aliphatic rings. The van der Waals surface area contributed by atoms with E-state index in [9.17, 15) is 53.4 Å². The van der Waals surface area contributed by atoms with Gasteiger partial charge in [-0.25, -0.2) is 39.9 Å². The predicted molar refractivity (Wildman–Crippen MR) is 551 cm³/mol. The molecule has 0 spiro atoms. The molecule has 1 aromatic carbocycles. The highest BCUT2D eigenvalue weighted by Gasteiger charge is 2.29. The SMILES string of the molecule is C=C(OC)c1cnc(NC(=O)c2sc(Nc3s[nH]c(=O)c3C(N)=NCC(O)CC)nc2C)c(C)c1.Cc1cc2ccccc2nc1NC(=O)c1sc(Nc2s[nH]c(=O)c2C(N)=NC(C)CO)nc1C.Cc1ccnc(Cl)c1NC(=O)c1sc(Nc2s[nH]c(=O)c2C(N)=NCCC2CCCO2)nc1C.Cc1ccnc(Cl)c1NC(=O)c1sc(Nc2s[nH]c(=O)c2C(N)=NCCN2CCCC2=O)nc1C. The van der Waals surface area contributed by atoms with Crippen molar-refractivity contribution in [2.75, 3.05) is 95.6 Å². The lowest BCUT2D eigenvalue weighted by Gasteiger charge is -2.13. The number of thiazole rings is 4. The third-order valence-corrected chi connectivity index (χ3v) is 28.6. The number of anilines is 12. The largest absolute Gasteiger partial charge is 0.497 e. The summed E-state index contributed by atoms with van der Waals surface area (Å²) in [6, 6.07) is 14.6. The van der Waals surface area contributed by atoms with Crippen LogP contribution in [0.25, 0.3) is 16.7 Å². The van der Waals surface area contributed by atoms with E-state index in [0.29, 0.717) is 151 Å². The Morgan fingerprint density at radius 1 is 0.580 bits per heavy atom. The van der Waals surface area contributed by atoms with Gasteiger partial charge in [0.2, 0.25) is 5.91 Å². The molecule has 42 nitrogen and oxygen atoms in total. The Morgan fingerprint density at radius 3 is 1.43 bits per heavy atom. The summed E-state index contributed by atoms with van der Waals surface area (Å²) in [5, 5.41) is 47.3. The van der Waals surface area contributed by atoms with E-state index < -0.39 is 23.3 Å². The van der Waals surface area contributed by atoms with Crippen molar-refractivity contribution in [1.82, 2.24) is 62.3 Å². The first-order valence-corrected chi connectivity index (χ1v) is 49.6.